The van der Waals surface area contributed by atoms with Gasteiger partial charge in [0.15, 0.2) is 0 Å². The highest BCUT2D eigenvalue weighted by Gasteiger charge is 2.26. The first-order valence-corrected chi connectivity index (χ1v) is 9.66. The third-order valence-electron chi connectivity index (χ3n) is 3.01. The summed E-state index contributed by atoms with van der Waals surface area (Å²) in [4.78, 5) is 11.3. The lowest BCUT2D eigenvalue weighted by Gasteiger charge is -2.35. The van der Waals surface area contributed by atoms with Gasteiger partial charge in [-0.15, -0.1) is 0 Å². The molecule has 0 aromatic carbocycles. The van der Waals surface area contributed by atoms with Crippen LogP contribution < -0.4 is 5.32 Å². The summed E-state index contributed by atoms with van der Waals surface area (Å²) in [5.74, 6) is -0.168. The Morgan fingerprint density at radius 1 is 1.16 bits per heavy atom. The Labute approximate surface area is 153 Å². The normalized spacial score (nSPS) is 12.4. The van der Waals surface area contributed by atoms with Crippen molar-refractivity contribution in [3.63, 3.8) is 0 Å². The molecule has 0 aliphatic rings. The summed E-state index contributed by atoms with van der Waals surface area (Å²) in [5, 5.41) is 11.4. The molecule has 1 N–H and O–H groups in total. The predicted octanol–water partition coefficient (Wildman–Crippen LogP) is 2.99. The number of rotatable bonds is 14. The molecule has 7 nitrogen and oxygen atoms in total. The molecule has 0 aromatic heterocycles. The van der Waals surface area contributed by atoms with E-state index in [-0.39, 0.29) is 18.0 Å². The average Bonchev–Trinajstić information content (AvgIpc) is 2.52. The first-order chi connectivity index (χ1) is 11.8. The van der Waals surface area contributed by atoms with Crippen LogP contribution in [0, 0.1) is 11.3 Å². The first kappa shape index (κ1) is 24.0. The summed E-state index contributed by atoms with van der Waals surface area (Å²) in [6.45, 7) is 15.6. The van der Waals surface area contributed by atoms with Crippen molar-refractivity contribution in [2.24, 2.45) is 0 Å². The molecule has 1 amide bonds. The van der Waals surface area contributed by atoms with Gasteiger partial charge in [-0.2, -0.15) is 5.26 Å². The van der Waals surface area contributed by atoms with E-state index >= 15 is 0 Å². The fourth-order valence-electron chi connectivity index (χ4n) is 1.98. The van der Waals surface area contributed by atoms with Crippen LogP contribution in [0.15, 0.2) is 12.2 Å². The van der Waals surface area contributed by atoms with E-state index in [4.69, 9.17) is 19.0 Å². The molecular formula is C17H32N3O4P. The summed E-state index contributed by atoms with van der Waals surface area (Å²) in [6.07, 6.45) is 0.338. The van der Waals surface area contributed by atoms with Crippen LogP contribution in [0.2, 0.25) is 0 Å². The predicted molar refractivity (Wildman–Crippen MR) is 99.8 cm³/mol. The molecule has 0 fully saturated rings. The van der Waals surface area contributed by atoms with Crippen LogP contribution in [0.1, 0.15) is 41.0 Å². The van der Waals surface area contributed by atoms with Gasteiger partial charge in [-0.3, -0.25) is 4.79 Å². The standard InChI is InChI=1S/C17H32N3O4P/c1-14(2)17(21)19-9-11-22-12-13-24-25(23-10-7-8-18)20(15(3)4)16(5)6/h15-16H,1,7,9-13H2,2-6H3,(H,19,21). The number of ether oxygens (including phenoxy) is 1. The van der Waals surface area contributed by atoms with Gasteiger partial charge in [-0.1, -0.05) is 6.58 Å². The van der Waals surface area contributed by atoms with Gasteiger partial charge in [-0.05, 0) is 34.6 Å². The number of nitriles is 1. The lowest BCUT2D eigenvalue weighted by atomic mass is 10.3. The van der Waals surface area contributed by atoms with Crippen molar-refractivity contribution < 1.29 is 18.6 Å². The maximum absolute atomic E-state index is 11.3. The maximum atomic E-state index is 11.3. The minimum atomic E-state index is -1.24. The molecule has 8 heteroatoms. The lowest BCUT2D eigenvalue weighted by Crippen LogP contribution is -2.34. The first-order valence-electron chi connectivity index (χ1n) is 8.53. The molecule has 1 atom stereocenters. The van der Waals surface area contributed by atoms with Crippen molar-refractivity contribution in [1.82, 2.24) is 9.99 Å². The second-order valence-electron chi connectivity index (χ2n) is 6.03. The van der Waals surface area contributed by atoms with Gasteiger partial charge in [0, 0.05) is 24.2 Å². The van der Waals surface area contributed by atoms with Crippen molar-refractivity contribution in [2.75, 3.05) is 33.0 Å². The smallest absolute Gasteiger partial charge is 0.259 e. The number of carbonyl (C=O) groups excluding carboxylic acids is 1. The topological polar surface area (TPSA) is 83.8 Å². The van der Waals surface area contributed by atoms with E-state index in [0.29, 0.717) is 45.0 Å². The van der Waals surface area contributed by atoms with Crippen molar-refractivity contribution in [3.05, 3.63) is 12.2 Å². The summed E-state index contributed by atoms with van der Waals surface area (Å²) in [6, 6.07) is 2.61. The highest BCUT2D eigenvalue weighted by molar-refractivity contribution is 7.44. The molecule has 0 radical (unpaired) electrons. The summed E-state index contributed by atoms with van der Waals surface area (Å²) in [5.41, 5.74) is 0.478. The molecule has 0 spiro atoms. The number of nitrogens with one attached hydrogen (secondary N) is 1. The number of carbonyl (C=O) groups is 1. The molecule has 0 aliphatic carbocycles. The zero-order chi connectivity index (χ0) is 19.2. The molecule has 0 heterocycles. The monoisotopic (exact) mass is 373 g/mol. The Kier molecular flexibility index (Phi) is 13.6. The fraction of sp³-hybridized carbons (Fsp3) is 0.765. The van der Waals surface area contributed by atoms with Gasteiger partial charge < -0.3 is 19.1 Å². The van der Waals surface area contributed by atoms with Crippen LogP contribution in [0.5, 0.6) is 0 Å². The molecular weight excluding hydrogens is 341 g/mol. The Bertz CT molecular complexity index is 430. The molecule has 1 unspecified atom stereocenters. The van der Waals surface area contributed by atoms with E-state index in [1.54, 1.807) is 6.92 Å². The van der Waals surface area contributed by atoms with E-state index < -0.39 is 8.53 Å². The van der Waals surface area contributed by atoms with Gasteiger partial charge >= 0.3 is 0 Å². The van der Waals surface area contributed by atoms with Crippen molar-refractivity contribution in [3.8, 4) is 6.07 Å². The van der Waals surface area contributed by atoms with Crippen molar-refractivity contribution >= 4 is 14.4 Å². The van der Waals surface area contributed by atoms with Crippen LogP contribution in [0.3, 0.4) is 0 Å². The SMILES string of the molecule is C=C(C)C(=O)NCCOCCOP(OCCC#N)N(C(C)C)C(C)C. The molecule has 0 bridgehead atoms. The summed E-state index contributed by atoms with van der Waals surface area (Å²) in [7, 11) is -1.24. The third kappa shape index (κ3) is 11.2. The molecule has 0 saturated heterocycles. The van der Waals surface area contributed by atoms with E-state index in [1.165, 1.54) is 0 Å². The van der Waals surface area contributed by atoms with Crippen LogP contribution in [0.25, 0.3) is 0 Å². The Balaban J connectivity index is 4.19. The van der Waals surface area contributed by atoms with E-state index in [0.717, 1.165) is 0 Å². The second-order valence-corrected chi connectivity index (χ2v) is 7.48. The van der Waals surface area contributed by atoms with Crippen LogP contribution >= 0.6 is 8.53 Å². The van der Waals surface area contributed by atoms with Gasteiger partial charge in [0.1, 0.15) is 0 Å². The van der Waals surface area contributed by atoms with Gasteiger partial charge in [0.05, 0.1) is 38.9 Å². The molecule has 0 rings (SSSR count). The number of nitrogens with zero attached hydrogens (tertiary/aromatic N) is 2. The minimum absolute atomic E-state index is 0.168. The number of amides is 1. The highest BCUT2D eigenvalue weighted by atomic mass is 31.2. The zero-order valence-corrected chi connectivity index (χ0v) is 17.0. The molecule has 144 valence electrons. The van der Waals surface area contributed by atoms with Crippen LogP contribution in [-0.2, 0) is 18.6 Å². The third-order valence-corrected chi connectivity index (χ3v) is 5.12. The van der Waals surface area contributed by atoms with Crippen LogP contribution in [0.4, 0.5) is 0 Å². The molecule has 0 aliphatic heterocycles. The van der Waals surface area contributed by atoms with E-state index in [1.807, 2.05) is 0 Å². The summed E-state index contributed by atoms with van der Waals surface area (Å²) >= 11 is 0. The minimum Gasteiger partial charge on any atom is -0.377 e. The van der Waals surface area contributed by atoms with Crippen molar-refractivity contribution in [1.29, 1.82) is 5.26 Å². The second kappa shape index (κ2) is 14.2. The van der Waals surface area contributed by atoms with Gasteiger partial charge in [0.2, 0.25) is 5.91 Å². The van der Waals surface area contributed by atoms with Gasteiger partial charge in [0.25, 0.3) is 8.53 Å². The molecule has 0 aromatic rings. The van der Waals surface area contributed by atoms with E-state index in [2.05, 4.69) is 50.3 Å². The Morgan fingerprint density at radius 3 is 2.28 bits per heavy atom. The largest absolute Gasteiger partial charge is 0.377 e. The van der Waals surface area contributed by atoms with Crippen LogP contribution in [-0.4, -0.2) is 55.6 Å². The molecule has 25 heavy (non-hydrogen) atoms. The Hall–Kier alpha value is -1.03. The number of hydrogen-bond donors (Lipinski definition) is 1. The van der Waals surface area contributed by atoms with Gasteiger partial charge in [-0.25, -0.2) is 4.67 Å². The zero-order valence-electron chi connectivity index (χ0n) is 16.1. The number of hydrogen-bond acceptors (Lipinski definition) is 6. The quantitative estimate of drug-likeness (QED) is 0.286. The fourth-order valence-corrected chi connectivity index (χ4v) is 3.55. The van der Waals surface area contributed by atoms with E-state index in [9.17, 15) is 4.79 Å². The Morgan fingerprint density at radius 2 is 1.76 bits per heavy atom. The highest BCUT2D eigenvalue weighted by Crippen LogP contribution is 2.45. The average molecular weight is 373 g/mol. The van der Waals surface area contributed by atoms with Crippen molar-refractivity contribution in [2.45, 2.75) is 53.1 Å². The summed E-state index contributed by atoms with van der Waals surface area (Å²) < 4.78 is 19.3. The molecule has 0 saturated carbocycles. The maximum Gasteiger partial charge on any atom is 0.259 e. The lowest BCUT2D eigenvalue weighted by molar-refractivity contribution is -0.117.